The van der Waals surface area contributed by atoms with Gasteiger partial charge in [0.15, 0.2) is 11.6 Å². The van der Waals surface area contributed by atoms with E-state index in [4.69, 9.17) is 9.47 Å². The number of carbonyl (C=O) groups excluding carboxylic acids is 2. The molecule has 2 spiro atoms. The highest BCUT2D eigenvalue weighted by Gasteiger charge is 2.71. The first-order chi connectivity index (χ1) is 18.5. The van der Waals surface area contributed by atoms with Crippen molar-refractivity contribution in [1.82, 2.24) is 0 Å². The number of rotatable bonds is 10. The van der Waals surface area contributed by atoms with Crippen LogP contribution in [0.25, 0.3) is 0 Å². The molecule has 0 unspecified atom stereocenters. The Kier molecular flexibility index (Phi) is 9.72. The Bertz CT molecular complexity index is 690. The molecule has 0 bridgehead atoms. The van der Waals surface area contributed by atoms with E-state index < -0.39 is 10.8 Å². The fourth-order valence-corrected chi connectivity index (χ4v) is 9.42. The van der Waals surface area contributed by atoms with Gasteiger partial charge in [-0.05, 0) is 139 Å². The predicted octanol–water partition coefficient (Wildman–Crippen LogP) is 8.24. The smallest absolute Gasteiger partial charge is 0.159 e. The Balaban J connectivity index is 1.04. The standard InChI is InChI=1S/C34H56O4/c1-3-5-23-37-29-11-7-25(8-12-29)27-15-19-33(20-16-27)31(35)34(32(33)36)21-17-28(18-22-34)26-9-13-30(14-10-26)38-24-6-4-2/h25-30H,3-24H2,1-2H3. The molecule has 5 aliphatic rings. The van der Waals surface area contributed by atoms with Crippen molar-refractivity contribution >= 4 is 11.6 Å². The van der Waals surface area contributed by atoms with Crippen LogP contribution in [0.2, 0.25) is 0 Å². The monoisotopic (exact) mass is 528 g/mol. The third-order valence-electron chi connectivity index (χ3n) is 12.0. The molecule has 0 aromatic heterocycles. The minimum absolute atomic E-state index is 0.368. The molecular formula is C34H56O4. The number of ketones is 2. The Morgan fingerprint density at radius 2 is 0.842 bits per heavy atom. The molecule has 0 atom stereocenters. The van der Waals surface area contributed by atoms with Crippen LogP contribution in [-0.4, -0.2) is 37.0 Å². The summed E-state index contributed by atoms with van der Waals surface area (Å²) in [5.74, 6) is 3.72. The molecule has 0 aromatic carbocycles. The van der Waals surface area contributed by atoms with Crippen molar-refractivity contribution in [2.24, 2.45) is 34.5 Å². The molecule has 4 heteroatoms. The Hall–Kier alpha value is -0.740. The summed E-state index contributed by atoms with van der Waals surface area (Å²) in [7, 11) is 0. The summed E-state index contributed by atoms with van der Waals surface area (Å²) in [6, 6.07) is 0. The van der Waals surface area contributed by atoms with Crippen LogP contribution in [0.5, 0.6) is 0 Å². The topological polar surface area (TPSA) is 52.6 Å². The largest absolute Gasteiger partial charge is 0.378 e. The van der Waals surface area contributed by atoms with Crippen LogP contribution in [0.15, 0.2) is 0 Å². The number of Topliss-reactive ketones (excluding diaryl/α,β-unsaturated/α-hetero) is 2. The molecule has 0 radical (unpaired) electrons. The zero-order chi connectivity index (χ0) is 26.6. The average Bonchev–Trinajstić information content (AvgIpc) is 2.98. The maximum Gasteiger partial charge on any atom is 0.159 e. The van der Waals surface area contributed by atoms with E-state index in [0.29, 0.717) is 35.6 Å². The summed E-state index contributed by atoms with van der Waals surface area (Å²) >= 11 is 0. The third kappa shape index (κ3) is 5.69. The van der Waals surface area contributed by atoms with E-state index in [9.17, 15) is 9.59 Å². The van der Waals surface area contributed by atoms with E-state index in [1.165, 1.54) is 77.0 Å². The van der Waals surface area contributed by atoms with Crippen molar-refractivity contribution in [3.8, 4) is 0 Å². The molecule has 5 saturated carbocycles. The van der Waals surface area contributed by atoms with Crippen LogP contribution in [0.3, 0.4) is 0 Å². The van der Waals surface area contributed by atoms with Crippen LogP contribution >= 0.6 is 0 Å². The van der Waals surface area contributed by atoms with E-state index in [-0.39, 0.29) is 0 Å². The average molecular weight is 529 g/mol. The van der Waals surface area contributed by atoms with E-state index in [0.717, 1.165) is 76.4 Å². The molecule has 0 saturated heterocycles. The lowest BCUT2D eigenvalue weighted by atomic mass is 9.41. The number of ether oxygens (including phenoxy) is 2. The number of unbranched alkanes of at least 4 members (excludes halogenated alkanes) is 2. The number of carbonyl (C=O) groups is 2. The SMILES string of the molecule is CCCCOC1CCC(C2CCC3(CC2)C(=O)C2(CCC(C4CCC(OCCCC)CC4)CC2)C3=O)CC1. The van der Waals surface area contributed by atoms with Crippen LogP contribution in [0.4, 0.5) is 0 Å². The van der Waals surface area contributed by atoms with Gasteiger partial charge in [-0.1, -0.05) is 26.7 Å². The molecule has 0 amide bonds. The summed E-state index contributed by atoms with van der Waals surface area (Å²) in [6.45, 7) is 6.27. The Labute approximate surface area is 232 Å². The highest BCUT2D eigenvalue weighted by molar-refractivity contribution is 6.30. The zero-order valence-electron chi connectivity index (χ0n) is 24.7. The van der Waals surface area contributed by atoms with Crippen LogP contribution in [-0.2, 0) is 19.1 Å². The lowest BCUT2D eigenvalue weighted by molar-refractivity contribution is -0.179. The minimum atomic E-state index is -0.586. The van der Waals surface area contributed by atoms with Gasteiger partial charge >= 0.3 is 0 Å². The van der Waals surface area contributed by atoms with Crippen LogP contribution in [0.1, 0.15) is 142 Å². The number of hydrogen-bond donors (Lipinski definition) is 0. The summed E-state index contributed by atoms with van der Waals surface area (Å²) in [5.41, 5.74) is -1.17. The van der Waals surface area contributed by atoms with E-state index in [1.807, 2.05) is 0 Å². The highest BCUT2D eigenvalue weighted by atomic mass is 16.5. The maximum atomic E-state index is 13.8. The molecule has 0 N–H and O–H groups in total. The quantitative estimate of drug-likeness (QED) is 0.212. The van der Waals surface area contributed by atoms with Crippen molar-refractivity contribution in [1.29, 1.82) is 0 Å². The second kappa shape index (κ2) is 12.8. The maximum absolute atomic E-state index is 13.8. The fraction of sp³-hybridized carbons (Fsp3) is 0.941. The van der Waals surface area contributed by atoms with Gasteiger partial charge in [-0.25, -0.2) is 0 Å². The van der Waals surface area contributed by atoms with Gasteiger partial charge in [-0.3, -0.25) is 9.59 Å². The van der Waals surface area contributed by atoms with E-state index in [1.54, 1.807) is 0 Å². The Morgan fingerprint density at radius 3 is 1.16 bits per heavy atom. The molecule has 0 heterocycles. The first-order valence-corrected chi connectivity index (χ1v) is 16.9. The summed E-state index contributed by atoms with van der Waals surface area (Å²) in [6.07, 6.45) is 23.3. The lowest BCUT2D eigenvalue weighted by Crippen LogP contribution is -2.68. The van der Waals surface area contributed by atoms with E-state index >= 15 is 0 Å². The predicted molar refractivity (Wildman–Crippen MR) is 152 cm³/mol. The summed E-state index contributed by atoms with van der Waals surface area (Å²) in [4.78, 5) is 27.5. The van der Waals surface area contributed by atoms with Gasteiger partial charge in [-0.15, -0.1) is 0 Å². The minimum Gasteiger partial charge on any atom is -0.378 e. The Morgan fingerprint density at radius 1 is 0.526 bits per heavy atom. The van der Waals surface area contributed by atoms with Crippen molar-refractivity contribution in [2.75, 3.05) is 13.2 Å². The molecule has 0 aliphatic heterocycles. The first kappa shape index (κ1) is 28.8. The second-order valence-corrected chi connectivity index (χ2v) is 14.0. The van der Waals surface area contributed by atoms with E-state index in [2.05, 4.69) is 13.8 Å². The molecule has 38 heavy (non-hydrogen) atoms. The third-order valence-corrected chi connectivity index (χ3v) is 12.0. The first-order valence-electron chi connectivity index (χ1n) is 16.9. The van der Waals surface area contributed by atoms with Gasteiger partial charge < -0.3 is 9.47 Å². The van der Waals surface area contributed by atoms with Gasteiger partial charge in [0.1, 0.15) is 0 Å². The molecule has 5 aliphatic carbocycles. The highest BCUT2D eigenvalue weighted by Crippen LogP contribution is 2.62. The van der Waals surface area contributed by atoms with Crippen molar-refractivity contribution in [2.45, 2.75) is 154 Å². The van der Waals surface area contributed by atoms with Gasteiger partial charge in [0.25, 0.3) is 0 Å². The number of hydrogen-bond acceptors (Lipinski definition) is 4. The molecule has 5 rings (SSSR count). The fourth-order valence-electron chi connectivity index (χ4n) is 9.42. The normalized spacial score (nSPS) is 41.9. The second-order valence-electron chi connectivity index (χ2n) is 14.0. The summed E-state index contributed by atoms with van der Waals surface area (Å²) in [5, 5.41) is 0. The summed E-state index contributed by atoms with van der Waals surface area (Å²) < 4.78 is 12.2. The van der Waals surface area contributed by atoms with Crippen molar-refractivity contribution in [3.05, 3.63) is 0 Å². The van der Waals surface area contributed by atoms with Crippen LogP contribution in [0, 0.1) is 34.5 Å². The van der Waals surface area contributed by atoms with Crippen molar-refractivity contribution in [3.63, 3.8) is 0 Å². The molecule has 4 nitrogen and oxygen atoms in total. The lowest BCUT2D eigenvalue weighted by Gasteiger charge is -2.58. The van der Waals surface area contributed by atoms with Crippen molar-refractivity contribution < 1.29 is 19.1 Å². The van der Waals surface area contributed by atoms with Gasteiger partial charge in [0, 0.05) is 13.2 Å². The molecule has 0 aromatic rings. The van der Waals surface area contributed by atoms with Gasteiger partial charge in [0.05, 0.1) is 23.0 Å². The van der Waals surface area contributed by atoms with Gasteiger partial charge in [-0.2, -0.15) is 0 Å². The molecule has 216 valence electrons. The zero-order valence-corrected chi connectivity index (χ0v) is 24.7. The molecular weight excluding hydrogens is 472 g/mol. The van der Waals surface area contributed by atoms with Gasteiger partial charge in [0.2, 0.25) is 0 Å². The molecule has 5 fully saturated rings. The van der Waals surface area contributed by atoms with Crippen LogP contribution < -0.4 is 0 Å².